The Bertz CT molecular complexity index is 1270. The number of benzene rings is 2. The zero-order valence-electron chi connectivity index (χ0n) is 18.7. The van der Waals surface area contributed by atoms with Crippen LogP contribution in [0.3, 0.4) is 0 Å². The molecule has 0 amide bonds. The Hall–Kier alpha value is -3.44. The molecule has 32 heavy (non-hydrogen) atoms. The van der Waals surface area contributed by atoms with E-state index in [2.05, 4.69) is 94.1 Å². The smallest absolute Gasteiger partial charge is 0.130 e. The number of anilines is 1. The Morgan fingerprint density at radius 1 is 1.06 bits per heavy atom. The fourth-order valence-electron chi connectivity index (χ4n) is 4.33. The number of hydrogen-bond donors (Lipinski definition) is 2. The summed E-state index contributed by atoms with van der Waals surface area (Å²) >= 11 is 0. The van der Waals surface area contributed by atoms with E-state index in [-0.39, 0.29) is 0 Å². The van der Waals surface area contributed by atoms with Gasteiger partial charge in [-0.2, -0.15) is 0 Å². The van der Waals surface area contributed by atoms with Crippen LogP contribution in [0, 0.1) is 5.92 Å². The van der Waals surface area contributed by atoms with E-state index in [4.69, 9.17) is 0 Å². The third kappa shape index (κ3) is 4.16. The molecule has 0 fully saturated rings. The predicted molar refractivity (Wildman–Crippen MR) is 132 cm³/mol. The van der Waals surface area contributed by atoms with Crippen LogP contribution in [0.5, 0.6) is 0 Å². The SMILES string of the molecule is C=C(Nc1cc2cc(-c3cnc4n3CCNC4)ccc2cn1)c1ccc(CC(C)C)cc1. The Morgan fingerprint density at radius 3 is 2.72 bits per heavy atom. The molecular weight excluding hydrogens is 394 g/mol. The molecular formula is C27H29N5. The normalized spacial score (nSPS) is 13.3. The average Bonchev–Trinajstić information content (AvgIpc) is 3.23. The quantitative estimate of drug-likeness (QED) is 0.431. The lowest BCUT2D eigenvalue weighted by Crippen LogP contribution is -2.28. The standard InChI is InChI=1S/C27H29N5/c1-18(2)12-20-4-6-21(7-5-20)19(3)31-26-14-24-13-22(8-9-23(24)15-29-26)25-16-30-27-17-28-10-11-32(25)27/h4-9,13-16,18,28H,3,10-12,17H2,1-2H3,(H,29,31). The highest BCUT2D eigenvalue weighted by molar-refractivity contribution is 5.89. The Labute approximate surface area is 189 Å². The summed E-state index contributed by atoms with van der Waals surface area (Å²) in [7, 11) is 0. The fraction of sp³-hybridized carbons (Fsp3) is 0.259. The summed E-state index contributed by atoms with van der Waals surface area (Å²) < 4.78 is 2.31. The van der Waals surface area contributed by atoms with Gasteiger partial charge in [0.25, 0.3) is 0 Å². The minimum atomic E-state index is 0.651. The van der Waals surface area contributed by atoms with E-state index in [1.54, 1.807) is 0 Å². The van der Waals surface area contributed by atoms with Gasteiger partial charge in [0.15, 0.2) is 0 Å². The number of imidazole rings is 1. The second-order valence-electron chi connectivity index (χ2n) is 8.92. The van der Waals surface area contributed by atoms with E-state index in [1.807, 2.05) is 12.4 Å². The van der Waals surface area contributed by atoms with E-state index in [0.29, 0.717) is 5.92 Å². The Kier molecular flexibility index (Phi) is 5.50. The van der Waals surface area contributed by atoms with E-state index < -0.39 is 0 Å². The lowest BCUT2D eigenvalue weighted by atomic mass is 10.0. The van der Waals surface area contributed by atoms with Crippen LogP contribution in [0.4, 0.5) is 5.82 Å². The first-order valence-electron chi connectivity index (χ1n) is 11.3. The molecule has 0 unspecified atom stereocenters. The Morgan fingerprint density at radius 2 is 1.91 bits per heavy atom. The first-order valence-corrected chi connectivity index (χ1v) is 11.3. The van der Waals surface area contributed by atoms with Gasteiger partial charge in [0.05, 0.1) is 18.4 Å². The van der Waals surface area contributed by atoms with Crippen molar-refractivity contribution in [2.45, 2.75) is 33.4 Å². The molecule has 0 atom stereocenters. The summed E-state index contributed by atoms with van der Waals surface area (Å²) in [5, 5.41) is 9.02. The average molecular weight is 424 g/mol. The highest BCUT2D eigenvalue weighted by atomic mass is 15.2. The van der Waals surface area contributed by atoms with Crippen LogP contribution in [0.2, 0.25) is 0 Å². The summed E-state index contributed by atoms with van der Waals surface area (Å²) in [5.41, 5.74) is 5.62. The molecule has 0 saturated carbocycles. The van der Waals surface area contributed by atoms with Gasteiger partial charge in [0, 0.05) is 35.9 Å². The zero-order chi connectivity index (χ0) is 22.1. The maximum atomic E-state index is 4.59. The van der Waals surface area contributed by atoms with Crippen molar-refractivity contribution in [3.63, 3.8) is 0 Å². The lowest BCUT2D eigenvalue weighted by Gasteiger charge is -2.18. The van der Waals surface area contributed by atoms with Crippen LogP contribution in [0.1, 0.15) is 30.8 Å². The molecule has 1 aliphatic rings. The molecule has 0 spiro atoms. The van der Waals surface area contributed by atoms with E-state index in [9.17, 15) is 0 Å². The van der Waals surface area contributed by atoms with E-state index >= 15 is 0 Å². The summed E-state index contributed by atoms with van der Waals surface area (Å²) in [6.07, 6.45) is 4.98. The van der Waals surface area contributed by atoms with Crippen LogP contribution in [-0.2, 0) is 19.5 Å². The second-order valence-corrected chi connectivity index (χ2v) is 8.92. The molecule has 5 nitrogen and oxygen atoms in total. The number of pyridine rings is 1. The van der Waals surface area contributed by atoms with Crippen LogP contribution in [0.15, 0.2) is 67.5 Å². The van der Waals surface area contributed by atoms with Crippen molar-refractivity contribution in [1.82, 2.24) is 19.9 Å². The van der Waals surface area contributed by atoms with Gasteiger partial charge in [-0.3, -0.25) is 0 Å². The molecule has 0 aliphatic carbocycles. The molecule has 1 aliphatic heterocycles. The first kappa shape index (κ1) is 20.5. The highest BCUT2D eigenvalue weighted by Gasteiger charge is 2.15. The van der Waals surface area contributed by atoms with Gasteiger partial charge in [-0.15, -0.1) is 0 Å². The molecule has 5 heteroatoms. The van der Waals surface area contributed by atoms with Crippen molar-refractivity contribution in [3.8, 4) is 11.3 Å². The van der Waals surface area contributed by atoms with Crippen molar-refractivity contribution >= 4 is 22.3 Å². The van der Waals surface area contributed by atoms with Crippen LogP contribution in [0.25, 0.3) is 27.7 Å². The van der Waals surface area contributed by atoms with Gasteiger partial charge < -0.3 is 15.2 Å². The highest BCUT2D eigenvalue weighted by Crippen LogP contribution is 2.28. The summed E-state index contributed by atoms with van der Waals surface area (Å²) in [6, 6.07) is 17.2. The minimum absolute atomic E-state index is 0.651. The van der Waals surface area contributed by atoms with Gasteiger partial charge >= 0.3 is 0 Å². The van der Waals surface area contributed by atoms with Crippen molar-refractivity contribution in [3.05, 3.63) is 84.5 Å². The summed E-state index contributed by atoms with van der Waals surface area (Å²) in [4.78, 5) is 9.18. The molecule has 0 saturated heterocycles. The fourth-order valence-corrected chi connectivity index (χ4v) is 4.33. The van der Waals surface area contributed by atoms with E-state index in [1.165, 1.54) is 16.8 Å². The molecule has 0 bridgehead atoms. The van der Waals surface area contributed by atoms with Gasteiger partial charge in [-0.05, 0) is 41.0 Å². The third-order valence-corrected chi connectivity index (χ3v) is 5.98. The third-order valence-electron chi connectivity index (χ3n) is 5.98. The van der Waals surface area contributed by atoms with Crippen molar-refractivity contribution in [2.24, 2.45) is 5.92 Å². The second kappa shape index (κ2) is 8.60. The number of nitrogens with zero attached hydrogens (tertiary/aromatic N) is 3. The first-order chi connectivity index (χ1) is 15.6. The number of aromatic nitrogens is 3. The summed E-state index contributed by atoms with van der Waals surface area (Å²) in [6.45, 7) is 11.5. The van der Waals surface area contributed by atoms with Crippen LogP contribution >= 0.6 is 0 Å². The number of nitrogens with one attached hydrogen (secondary N) is 2. The van der Waals surface area contributed by atoms with E-state index in [0.717, 1.165) is 59.7 Å². The topological polar surface area (TPSA) is 54.8 Å². The van der Waals surface area contributed by atoms with Crippen molar-refractivity contribution in [1.29, 1.82) is 0 Å². The van der Waals surface area contributed by atoms with Gasteiger partial charge in [-0.1, -0.05) is 56.8 Å². The monoisotopic (exact) mass is 423 g/mol. The van der Waals surface area contributed by atoms with Gasteiger partial charge in [0.2, 0.25) is 0 Å². The van der Waals surface area contributed by atoms with Crippen molar-refractivity contribution in [2.75, 3.05) is 11.9 Å². The Balaban J connectivity index is 1.38. The number of rotatable bonds is 6. The molecule has 3 heterocycles. The lowest BCUT2D eigenvalue weighted by molar-refractivity contribution is 0.508. The molecule has 5 rings (SSSR count). The van der Waals surface area contributed by atoms with Crippen LogP contribution in [-0.4, -0.2) is 21.1 Å². The molecule has 2 aromatic carbocycles. The number of fused-ring (bicyclic) bond motifs is 2. The molecule has 2 N–H and O–H groups in total. The van der Waals surface area contributed by atoms with Crippen molar-refractivity contribution < 1.29 is 0 Å². The molecule has 0 radical (unpaired) electrons. The number of hydrogen-bond acceptors (Lipinski definition) is 4. The minimum Gasteiger partial charge on any atom is -0.340 e. The maximum absolute atomic E-state index is 4.59. The van der Waals surface area contributed by atoms with Gasteiger partial charge in [-0.25, -0.2) is 9.97 Å². The predicted octanol–water partition coefficient (Wildman–Crippen LogP) is 5.48. The maximum Gasteiger partial charge on any atom is 0.130 e. The molecule has 162 valence electrons. The largest absolute Gasteiger partial charge is 0.340 e. The molecule has 4 aromatic rings. The zero-order valence-corrected chi connectivity index (χ0v) is 18.7. The van der Waals surface area contributed by atoms with Crippen LogP contribution < -0.4 is 10.6 Å². The van der Waals surface area contributed by atoms with Gasteiger partial charge in [0.1, 0.15) is 11.6 Å². The summed E-state index contributed by atoms with van der Waals surface area (Å²) in [5.74, 6) is 2.54. The molecule has 2 aromatic heterocycles.